The van der Waals surface area contributed by atoms with E-state index in [1.165, 1.54) is 16.8 Å². The topological polar surface area (TPSA) is 91.5 Å². The number of hydrogen-bond donors (Lipinski definition) is 2. The maximum atomic E-state index is 13.7. The van der Waals surface area contributed by atoms with E-state index in [4.69, 9.17) is 11.6 Å². The van der Waals surface area contributed by atoms with Gasteiger partial charge in [-0.2, -0.15) is 18.3 Å². The standard InChI is InChI=1S/C21H19ClF4N4O3/c1-11-7-13(8-18(22)27-11)17-10-19(28-29(17)6-5-12(2)31)30(20(32)33)14-3-4-16(23)15(9-14)21(24,25)26/h3-4,7-10,12,31H,5-6H2,1-2H3,(H,32,33)/t12-/m0/s1. The first-order valence-corrected chi connectivity index (χ1v) is 10.0. The second-order valence-electron chi connectivity index (χ2n) is 7.35. The SMILES string of the molecule is Cc1cc(-c2cc(N(C(=O)O)c3ccc(F)c(C(F)(F)F)c3)nn2CC[C@H](C)O)cc(Cl)n1. The van der Waals surface area contributed by atoms with Crippen molar-refractivity contribution in [3.63, 3.8) is 0 Å². The summed E-state index contributed by atoms with van der Waals surface area (Å²) in [5.41, 5.74) is -0.520. The molecule has 176 valence electrons. The average Bonchev–Trinajstić information content (AvgIpc) is 3.09. The van der Waals surface area contributed by atoms with E-state index in [9.17, 15) is 32.6 Å². The van der Waals surface area contributed by atoms with Crippen LogP contribution in [0, 0.1) is 12.7 Å². The second kappa shape index (κ2) is 9.36. The van der Waals surface area contributed by atoms with Crippen LogP contribution in [0.2, 0.25) is 5.15 Å². The smallest absolute Gasteiger partial charge is 0.419 e. The monoisotopic (exact) mass is 486 g/mol. The number of anilines is 2. The third-order valence-electron chi connectivity index (χ3n) is 4.68. The maximum Gasteiger partial charge on any atom is 0.419 e. The number of rotatable bonds is 6. The van der Waals surface area contributed by atoms with Crippen LogP contribution in [0.25, 0.3) is 11.3 Å². The Morgan fingerprint density at radius 2 is 1.94 bits per heavy atom. The molecule has 0 fully saturated rings. The molecule has 0 radical (unpaired) electrons. The lowest BCUT2D eigenvalue weighted by molar-refractivity contribution is -0.139. The number of aromatic nitrogens is 3. The molecule has 0 saturated heterocycles. The molecule has 0 aliphatic carbocycles. The summed E-state index contributed by atoms with van der Waals surface area (Å²) >= 11 is 6.04. The molecule has 3 rings (SSSR count). The highest BCUT2D eigenvalue weighted by molar-refractivity contribution is 6.29. The molecule has 0 saturated carbocycles. The summed E-state index contributed by atoms with van der Waals surface area (Å²) in [5, 5.41) is 23.8. The molecule has 0 unspecified atom stereocenters. The number of pyridine rings is 1. The largest absolute Gasteiger partial charge is 0.464 e. The number of alkyl halides is 3. The van der Waals surface area contributed by atoms with E-state index in [2.05, 4.69) is 10.1 Å². The van der Waals surface area contributed by atoms with Crippen molar-refractivity contribution in [3.05, 3.63) is 58.6 Å². The molecule has 2 heterocycles. The lowest BCUT2D eigenvalue weighted by Crippen LogP contribution is -2.25. The fraction of sp³-hybridized carbons (Fsp3) is 0.286. The molecule has 7 nitrogen and oxygen atoms in total. The van der Waals surface area contributed by atoms with Crippen LogP contribution in [0.5, 0.6) is 0 Å². The van der Waals surface area contributed by atoms with Crippen molar-refractivity contribution in [3.8, 4) is 11.3 Å². The van der Waals surface area contributed by atoms with Crippen molar-refractivity contribution < 1.29 is 32.6 Å². The Kier molecular flexibility index (Phi) is 6.94. The minimum Gasteiger partial charge on any atom is -0.464 e. The first-order valence-electron chi connectivity index (χ1n) is 9.67. The first-order chi connectivity index (χ1) is 15.4. The summed E-state index contributed by atoms with van der Waals surface area (Å²) in [7, 11) is 0. The summed E-state index contributed by atoms with van der Waals surface area (Å²) in [6.45, 7) is 3.45. The Bertz CT molecular complexity index is 1160. The van der Waals surface area contributed by atoms with Crippen LogP contribution in [0.1, 0.15) is 24.6 Å². The minimum atomic E-state index is -5.02. The molecular weight excluding hydrogens is 468 g/mol. The number of hydrogen-bond acceptors (Lipinski definition) is 4. The second-order valence-corrected chi connectivity index (χ2v) is 7.74. The Labute approximate surface area is 190 Å². The van der Waals surface area contributed by atoms with Gasteiger partial charge in [-0.05, 0) is 50.6 Å². The van der Waals surface area contributed by atoms with Gasteiger partial charge in [0.1, 0.15) is 11.0 Å². The molecule has 1 aromatic carbocycles. The van der Waals surface area contributed by atoms with Gasteiger partial charge in [0, 0.05) is 23.9 Å². The van der Waals surface area contributed by atoms with Crippen LogP contribution in [0.3, 0.4) is 0 Å². The van der Waals surface area contributed by atoms with Gasteiger partial charge in [0.2, 0.25) is 0 Å². The number of benzene rings is 1. The summed E-state index contributed by atoms with van der Waals surface area (Å²) in [4.78, 5) is 16.6. The molecular formula is C21H19ClF4N4O3. The molecule has 2 N–H and O–H groups in total. The number of aryl methyl sites for hydroxylation is 2. The fourth-order valence-corrected chi connectivity index (χ4v) is 3.46. The van der Waals surface area contributed by atoms with E-state index in [0.717, 1.165) is 6.07 Å². The van der Waals surface area contributed by atoms with E-state index in [1.54, 1.807) is 19.9 Å². The lowest BCUT2D eigenvalue weighted by atomic mass is 10.1. The molecule has 0 bridgehead atoms. The van der Waals surface area contributed by atoms with Crippen molar-refractivity contribution in [2.24, 2.45) is 0 Å². The zero-order valence-corrected chi connectivity index (χ0v) is 18.2. The molecule has 1 atom stereocenters. The average molecular weight is 487 g/mol. The van der Waals surface area contributed by atoms with Crippen molar-refractivity contribution in [2.45, 2.75) is 39.1 Å². The highest BCUT2D eigenvalue weighted by Gasteiger charge is 2.35. The molecule has 33 heavy (non-hydrogen) atoms. The number of carbonyl (C=O) groups is 1. The number of nitrogens with zero attached hydrogens (tertiary/aromatic N) is 4. The van der Waals surface area contributed by atoms with E-state index >= 15 is 0 Å². The zero-order valence-electron chi connectivity index (χ0n) is 17.4. The van der Waals surface area contributed by atoms with Crippen LogP contribution in [-0.2, 0) is 12.7 Å². The number of aliphatic hydroxyl groups excluding tert-OH is 1. The molecule has 0 aliphatic rings. The third kappa shape index (κ3) is 5.60. The van der Waals surface area contributed by atoms with Gasteiger partial charge in [-0.1, -0.05) is 11.6 Å². The van der Waals surface area contributed by atoms with E-state index in [-0.39, 0.29) is 23.9 Å². The highest BCUT2D eigenvalue weighted by atomic mass is 35.5. The van der Waals surface area contributed by atoms with Gasteiger partial charge in [-0.15, -0.1) is 0 Å². The van der Waals surface area contributed by atoms with Crippen LogP contribution in [0.15, 0.2) is 36.4 Å². The number of halogens is 5. The molecule has 1 amide bonds. The van der Waals surface area contributed by atoms with E-state index in [0.29, 0.717) is 34.0 Å². The van der Waals surface area contributed by atoms with Gasteiger partial charge < -0.3 is 10.2 Å². The van der Waals surface area contributed by atoms with E-state index in [1.807, 2.05) is 0 Å². The molecule has 3 aromatic rings. The van der Waals surface area contributed by atoms with Gasteiger partial charge in [0.25, 0.3) is 0 Å². The number of carboxylic acid groups (broad SMARTS) is 1. The quantitative estimate of drug-likeness (QED) is 0.347. The molecule has 0 aliphatic heterocycles. The Hall–Kier alpha value is -3.18. The molecule has 2 aromatic heterocycles. The van der Waals surface area contributed by atoms with Crippen LogP contribution in [0.4, 0.5) is 33.9 Å². The van der Waals surface area contributed by atoms with Gasteiger partial charge in [-0.25, -0.2) is 19.1 Å². The summed E-state index contributed by atoms with van der Waals surface area (Å²) in [5.74, 6) is -1.74. The number of amides is 1. The van der Waals surface area contributed by atoms with Crippen molar-refractivity contribution in [2.75, 3.05) is 4.90 Å². The fourth-order valence-electron chi connectivity index (χ4n) is 3.21. The Morgan fingerprint density at radius 1 is 1.24 bits per heavy atom. The van der Waals surface area contributed by atoms with Gasteiger partial charge in [0.05, 0.1) is 23.0 Å². The van der Waals surface area contributed by atoms with Gasteiger partial charge >= 0.3 is 12.3 Å². The van der Waals surface area contributed by atoms with Crippen LogP contribution in [-0.4, -0.2) is 37.2 Å². The van der Waals surface area contributed by atoms with Crippen molar-refractivity contribution in [1.82, 2.24) is 14.8 Å². The summed E-state index contributed by atoms with van der Waals surface area (Å²) in [6.07, 6.45) is -7.05. The predicted molar refractivity (Wildman–Crippen MR) is 113 cm³/mol. The van der Waals surface area contributed by atoms with Crippen LogP contribution < -0.4 is 4.90 Å². The van der Waals surface area contributed by atoms with Crippen molar-refractivity contribution >= 4 is 29.2 Å². The maximum absolute atomic E-state index is 13.7. The van der Waals surface area contributed by atoms with Crippen molar-refractivity contribution in [1.29, 1.82) is 0 Å². The minimum absolute atomic E-state index is 0.177. The zero-order chi connectivity index (χ0) is 24.5. The third-order valence-corrected chi connectivity index (χ3v) is 4.87. The summed E-state index contributed by atoms with van der Waals surface area (Å²) < 4.78 is 54.6. The lowest BCUT2D eigenvalue weighted by Gasteiger charge is -2.18. The highest BCUT2D eigenvalue weighted by Crippen LogP contribution is 2.36. The van der Waals surface area contributed by atoms with Crippen LogP contribution >= 0.6 is 11.6 Å². The van der Waals surface area contributed by atoms with Gasteiger partial charge in [0.15, 0.2) is 5.82 Å². The molecule has 0 spiro atoms. The predicted octanol–water partition coefficient (Wildman–Crippen LogP) is 5.65. The Balaban J connectivity index is 2.16. The summed E-state index contributed by atoms with van der Waals surface area (Å²) in [6, 6.07) is 6.44. The normalized spacial score (nSPS) is 12.6. The van der Waals surface area contributed by atoms with E-state index < -0.39 is 35.4 Å². The van der Waals surface area contributed by atoms with Gasteiger partial charge in [-0.3, -0.25) is 4.68 Å². The Morgan fingerprint density at radius 3 is 2.52 bits per heavy atom. The molecule has 12 heteroatoms. The first kappa shape index (κ1) is 24.5. The number of aliphatic hydroxyl groups is 1.